The van der Waals surface area contributed by atoms with E-state index < -0.39 is 0 Å². The summed E-state index contributed by atoms with van der Waals surface area (Å²) in [6.45, 7) is -0.315. The maximum atomic E-state index is 2.71. The number of nitrogens with zero attached hydrogens (tertiary/aromatic N) is 3. The third-order valence-corrected chi connectivity index (χ3v) is 20.4. The Labute approximate surface area is 543 Å². The van der Waals surface area contributed by atoms with Crippen molar-refractivity contribution in [2.45, 2.75) is 0 Å². The van der Waals surface area contributed by atoms with Crippen LogP contribution in [0.25, 0.3) is 170 Å². The fourth-order valence-electron chi connectivity index (χ4n) is 16.6. The fourth-order valence-corrected chi connectivity index (χ4v) is 16.6. The van der Waals surface area contributed by atoms with Gasteiger partial charge in [-0.2, -0.15) is 0 Å². The van der Waals surface area contributed by atoms with E-state index in [1.54, 1.807) is 0 Å². The lowest BCUT2D eigenvalue weighted by atomic mass is 9.34. The number of hydrogen-bond acceptors (Lipinski definition) is 0. The van der Waals surface area contributed by atoms with Crippen LogP contribution in [0.1, 0.15) is 0 Å². The summed E-state index contributed by atoms with van der Waals surface area (Å²) in [5.41, 5.74) is 23.3. The Hall–Kier alpha value is -12.2. The summed E-state index contributed by atoms with van der Waals surface area (Å²) >= 11 is 0. The molecule has 2 aliphatic heterocycles. The van der Waals surface area contributed by atoms with Crippen molar-refractivity contribution in [2.24, 2.45) is 0 Å². The van der Waals surface area contributed by atoms with Gasteiger partial charge in [0, 0.05) is 54.7 Å². The van der Waals surface area contributed by atoms with E-state index in [1.807, 2.05) is 0 Å². The summed E-state index contributed by atoms with van der Waals surface area (Å²) in [7, 11) is 0. The molecule has 5 heterocycles. The Morgan fingerprint density at radius 3 is 0.883 bits per heavy atom. The SMILES string of the molecule is c1ccc(-c2cc3c4c(c2)c2c(-c5ccccc5)cccc2c2ccccc2c2ccccc2n4-c2cc(-n4c5ccccc5c5ccccc54)cc4c2B3c2cc(-c3ccccc3)cc3c5c(-c6ccccc6)cccc5c5ccccc5c5ccccc5n-4c23)cc1. The maximum absolute atomic E-state index is 2.71. The first-order chi connectivity index (χ1) is 46.7. The lowest BCUT2D eigenvalue weighted by Gasteiger charge is -2.37. The topological polar surface area (TPSA) is 14.8 Å². The molecular formula is C90H56BN3. The highest BCUT2D eigenvalue weighted by Gasteiger charge is 2.41. The van der Waals surface area contributed by atoms with Gasteiger partial charge in [-0.3, -0.25) is 0 Å². The molecule has 0 saturated heterocycles. The Bertz CT molecular complexity index is 6010. The molecule has 0 saturated carbocycles. The first kappa shape index (κ1) is 52.5. The zero-order chi connectivity index (χ0) is 61.5. The van der Waals surface area contributed by atoms with Crippen molar-refractivity contribution in [2.75, 3.05) is 0 Å². The van der Waals surface area contributed by atoms with Crippen LogP contribution in [0.15, 0.2) is 340 Å². The average Bonchev–Trinajstić information content (AvgIpc) is 1.07. The van der Waals surface area contributed by atoms with Crippen molar-refractivity contribution in [3.63, 3.8) is 0 Å². The van der Waals surface area contributed by atoms with Crippen LogP contribution in [-0.4, -0.2) is 20.4 Å². The van der Waals surface area contributed by atoms with Crippen LogP contribution in [0.4, 0.5) is 0 Å². The molecule has 94 heavy (non-hydrogen) atoms. The number of benzene rings is 15. The molecule has 3 aromatic heterocycles. The third-order valence-electron chi connectivity index (χ3n) is 20.4. The van der Waals surface area contributed by atoms with Crippen molar-refractivity contribution in [3.8, 4) is 61.6 Å². The third kappa shape index (κ3) is 7.68. The molecule has 0 fully saturated rings. The zero-order valence-corrected chi connectivity index (χ0v) is 51.3. The van der Waals surface area contributed by atoms with Gasteiger partial charge in [0.1, 0.15) is 0 Å². The van der Waals surface area contributed by atoms with E-state index in [1.165, 1.54) is 114 Å². The van der Waals surface area contributed by atoms with Crippen molar-refractivity contribution >= 4 is 132 Å². The molecule has 4 heteroatoms. The standard InChI is InChI=1S/C90H56BN3/c1-5-27-57(28-6-1)61-51-76-86-64(59-31-9-3-10-32-59)43-25-45-74(86)68-37-15-13-35-66(68)70-39-17-23-49-82(70)93-84-55-63(92-80-47-21-19-41-72(80)73-42-20-22-48-81(73)92)56-85-88(84)91(78(53-61)89(76)93)79-54-62(58-29-7-2-8-30-58)52-77-87-65(60-33-11-4-12-34-60)44-26-46-75(87)69-38-16-14-36-67(69)71-40-18-24-50-83(71)94(85)90(77)79/h1-56H. The first-order valence-electron chi connectivity index (χ1n) is 32.7. The highest BCUT2D eigenvalue weighted by atomic mass is 15.1. The van der Waals surface area contributed by atoms with Gasteiger partial charge in [0.25, 0.3) is 6.71 Å². The van der Waals surface area contributed by atoms with E-state index in [-0.39, 0.29) is 6.71 Å². The molecule has 15 aromatic carbocycles. The van der Waals surface area contributed by atoms with Crippen LogP contribution in [0.3, 0.4) is 0 Å². The zero-order valence-electron chi connectivity index (χ0n) is 51.3. The summed E-state index contributed by atoms with van der Waals surface area (Å²) < 4.78 is 7.96. The Morgan fingerprint density at radius 1 is 0.202 bits per heavy atom. The van der Waals surface area contributed by atoms with Gasteiger partial charge in [-0.1, -0.05) is 291 Å². The molecule has 0 unspecified atom stereocenters. The van der Waals surface area contributed by atoms with Crippen LogP contribution < -0.4 is 16.4 Å². The van der Waals surface area contributed by atoms with Gasteiger partial charge in [-0.25, -0.2) is 0 Å². The molecule has 18 aromatic rings. The van der Waals surface area contributed by atoms with Crippen LogP contribution in [-0.2, 0) is 0 Å². The second-order valence-electron chi connectivity index (χ2n) is 25.3. The second-order valence-corrected chi connectivity index (χ2v) is 25.3. The summed E-state index contributed by atoms with van der Waals surface area (Å²) in [6.07, 6.45) is 0. The van der Waals surface area contributed by atoms with Crippen molar-refractivity contribution < 1.29 is 0 Å². The lowest BCUT2D eigenvalue weighted by molar-refractivity contribution is 1.10. The summed E-state index contributed by atoms with van der Waals surface area (Å²) in [5, 5.41) is 16.6. The molecule has 20 rings (SSSR count). The largest absolute Gasteiger partial charge is 0.310 e. The lowest BCUT2D eigenvalue weighted by Crippen LogP contribution is -2.60. The van der Waals surface area contributed by atoms with Gasteiger partial charge in [-0.15, -0.1) is 0 Å². The van der Waals surface area contributed by atoms with E-state index in [4.69, 9.17) is 0 Å². The number of fused-ring (bicyclic) bond motifs is 21. The molecule has 0 N–H and O–H groups in total. The van der Waals surface area contributed by atoms with E-state index >= 15 is 0 Å². The van der Waals surface area contributed by atoms with E-state index in [2.05, 4.69) is 353 Å². The molecule has 3 nitrogen and oxygen atoms in total. The van der Waals surface area contributed by atoms with Crippen molar-refractivity contribution in [1.82, 2.24) is 13.7 Å². The highest BCUT2D eigenvalue weighted by Crippen LogP contribution is 2.46. The van der Waals surface area contributed by atoms with Crippen LogP contribution in [0.5, 0.6) is 0 Å². The van der Waals surface area contributed by atoms with Gasteiger partial charge in [-0.05, 0) is 153 Å². The predicted molar refractivity (Wildman–Crippen MR) is 401 cm³/mol. The van der Waals surface area contributed by atoms with E-state index in [0.717, 1.165) is 72.2 Å². The second kappa shape index (κ2) is 20.6. The van der Waals surface area contributed by atoms with Crippen LogP contribution in [0.2, 0.25) is 0 Å². The summed E-state index contributed by atoms with van der Waals surface area (Å²) in [4.78, 5) is 0. The van der Waals surface area contributed by atoms with E-state index in [9.17, 15) is 0 Å². The number of aromatic nitrogens is 3. The van der Waals surface area contributed by atoms with Gasteiger partial charge < -0.3 is 13.7 Å². The minimum atomic E-state index is -0.315. The molecule has 0 bridgehead atoms. The van der Waals surface area contributed by atoms with Gasteiger partial charge in [0.2, 0.25) is 0 Å². The monoisotopic (exact) mass is 1190 g/mol. The van der Waals surface area contributed by atoms with Gasteiger partial charge in [0.15, 0.2) is 0 Å². The van der Waals surface area contributed by atoms with Gasteiger partial charge in [0.05, 0.1) is 27.8 Å². The van der Waals surface area contributed by atoms with E-state index in [0.29, 0.717) is 0 Å². The quantitative estimate of drug-likeness (QED) is 0.153. The highest BCUT2D eigenvalue weighted by molar-refractivity contribution is 7.00. The molecule has 0 atom stereocenters. The van der Waals surface area contributed by atoms with Crippen molar-refractivity contribution in [3.05, 3.63) is 340 Å². The molecular weight excluding hydrogens is 1130 g/mol. The Morgan fingerprint density at radius 2 is 0.500 bits per heavy atom. The van der Waals surface area contributed by atoms with Crippen LogP contribution in [0, 0.1) is 0 Å². The smallest absolute Gasteiger partial charge is 0.252 e. The first-order valence-corrected chi connectivity index (χ1v) is 32.7. The summed E-state index contributed by atoms with van der Waals surface area (Å²) in [6, 6.07) is 128. The fraction of sp³-hybridized carbons (Fsp3) is 0. The predicted octanol–water partition coefficient (Wildman–Crippen LogP) is 21.7. The minimum absolute atomic E-state index is 0.315. The van der Waals surface area contributed by atoms with Crippen LogP contribution >= 0.6 is 0 Å². The minimum Gasteiger partial charge on any atom is -0.310 e. The summed E-state index contributed by atoms with van der Waals surface area (Å²) in [5.74, 6) is 0. The molecule has 2 aliphatic rings. The molecule has 0 amide bonds. The number of rotatable bonds is 5. The number of para-hydroxylation sites is 4. The Kier molecular flexibility index (Phi) is 11.5. The Balaban J connectivity index is 1.13. The maximum Gasteiger partial charge on any atom is 0.252 e. The molecule has 434 valence electrons. The normalized spacial score (nSPS) is 12.2. The number of hydrogen-bond donors (Lipinski definition) is 0. The molecule has 0 radical (unpaired) electrons. The average molecular weight is 1190 g/mol. The van der Waals surface area contributed by atoms with Crippen molar-refractivity contribution in [1.29, 1.82) is 0 Å². The molecule has 0 spiro atoms. The molecule has 0 aliphatic carbocycles. The van der Waals surface area contributed by atoms with Gasteiger partial charge >= 0.3 is 0 Å².